The monoisotopic (exact) mass is 503 g/mol. The standard InChI is InChI=1S/C30H33NO4S/c1-33-23-10-8-22(9-11-23)30-28(26-15-14-25(34-2)20-27(26)36-30)29(32)21-6-12-24(13-7-21)35-19-18-31-16-4-3-5-17-31/h6-15,20,28,30H,3-5,16-19H2,1-2H3/t28-,30-/m1/s1. The fourth-order valence-corrected chi connectivity index (χ4v) is 6.56. The Morgan fingerprint density at radius 1 is 0.861 bits per heavy atom. The predicted octanol–water partition coefficient (Wildman–Crippen LogP) is 6.38. The minimum Gasteiger partial charge on any atom is -0.497 e. The van der Waals surface area contributed by atoms with Crippen molar-refractivity contribution in [2.24, 2.45) is 0 Å². The zero-order valence-electron chi connectivity index (χ0n) is 20.9. The van der Waals surface area contributed by atoms with E-state index in [1.54, 1.807) is 26.0 Å². The van der Waals surface area contributed by atoms with Crippen LogP contribution in [0.1, 0.15) is 51.9 Å². The first-order valence-corrected chi connectivity index (χ1v) is 13.5. The molecule has 2 aliphatic rings. The summed E-state index contributed by atoms with van der Waals surface area (Å²) in [5.74, 6) is 2.25. The Hall–Kier alpha value is -2.96. The summed E-state index contributed by atoms with van der Waals surface area (Å²) in [5.41, 5.74) is 2.85. The van der Waals surface area contributed by atoms with Gasteiger partial charge in [-0.05, 0) is 85.6 Å². The lowest BCUT2D eigenvalue weighted by Crippen LogP contribution is -2.33. The van der Waals surface area contributed by atoms with Crippen molar-refractivity contribution in [2.75, 3.05) is 40.5 Å². The number of benzene rings is 3. The van der Waals surface area contributed by atoms with Crippen LogP contribution < -0.4 is 14.2 Å². The van der Waals surface area contributed by atoms with Crippen LogP contribution in [0.4, 0.5) is 0 Å². The summed E-state index contributed by atoms with van der Waals surface area (Å²) in [4.78, 5) is 17.4. The first kappa shape index (κ1) is 24.7. The zero-order valence-corrected chi connectivity index (χ0v) is 21.8. The minimum atomic E-state index is -0.282. The van der Waals surface area contributed by atoms with Crippen LogP contribution in [0, 0.1) is 0 Å². The SMILES string of the molecule is COc1ccc([C@H]2Sc3cc(OC)ccc3[C@@H]2C(=O)c2ccc(OCCN3CCCCC3)cc2)cc1. The molecule has 0 spiro atoms. The molecule has 3 aromatic rings. The fraction of sp³-hybridized carbons (Fsp3) is 0.367. The molecule has 5 rings (SSSR count). The Morgan fingerprint density at radius 3 is 2.22 bits per heavy atom. The third-order valence-corrected chi connectivity index (χ3v) is 8.51. The highest BCUT2D eigenvalue weighted by molar-refractivity contribution is 8.00. The zero-order chi connectivity index (χ0) is 24.9. The summed E-state index contributed by atoms with van der Waals surface area (Å²) < 4.78 is 16.8. The lowest BCUT2D eigenvalue weighted by Gasteiger charge is -2.26. The van der Waals surface area contributed by atoms with Gasteiger partial charge in [0.15, 0.2) is 5.78 Å². The van der Waals surface area contributed by atoms with E-state index in [2.05, 4.69) is 17.0 Å². The van der Waals surface area contributed by atoms with Crippen LogP contribution in [-0.4, -0.2) is 51.1 Å². The van der Waals surface area contributed by atoms with Crippen LogP contribution in [-0.2, 0) is 0 Å². The first-order valence-electron chi connectivity index (χ1n) is 12.6. The molecule has 6 heteroatoms. The Bertz CT molecular complexity index is 1170. The molecule has 0 bridgehead atoms. The van der Waals surface area contributed by atoms with E-state index < -0.39 is 0 Å². The van der Waals surface area contributed by atoms with Gasteiger partial charge in [-0.25, -0.2) is 0 Å². The molecule has 3 aromatic carbocycles. The summed E-state index contributed by atoms with van der Waals surface area (Å²) in [6, 6.07) is 21.7. The quantitative estimate of drug-likeness (QED) is 0.316. The molecule has 0 N–H and O–H groups in total. The van der Waals surface area contributed by atoms with Crippen molar-refractivity contribution in [1.29, 1.82) is 0 Å². The molecule has 0 saturated carbocycles. The van der Waals surface area contributed by atoms with Gasteiger partial charge in [-0.1, -0.05) is 24.6 Å². The number of hydrogen-bond donors (Lipinski definition) is 0. The van der Waals surface area contributed by atoms with Crippen molar-refractivity contribution in [3.8, 4) is 17.2 Å². The van der Waals surface area contributed by atoms with Crippen molar-refractivity contribution in [1.82, 2.24) is 4.90 Å². The molecule has 1 saturated heterocycles. The molecule has 0 amide bonds. The van der Waals surface area contributed by atoms with Crippen LogP contribution in [0.3, 0.4) is 0 Å². The molecule has 2 heterocycles. The Morgan fingerprint density at radius 2 is 1.53 bits per heavy atom. The second-order valence-electron chi connectivity index (χ2n) is 9.33. The van der Waals surface area contributed by atoms with Gasteiger partial charge >= 0.3 is 0 Å². The van der Waals surface area contributed by atoms with E-state index in [1.165, 1.54) is 32.4 Å². The van der Waals surface area contributed by atoms with E-state index in [4.69, 9.17) is 14.2 Å². The highest BCUT2D eigenvalue weighted by Crippen LogP contribution is 2.56. The Labute approximate surface area is 217 Å². The van der Waals surface area contributed by atoms with Crippen molar-refractivity contribution in [3.63, 3.8) is 0 Å². The maximum absolute atomic E-state index is 13.9. The van der Waals surface area contributed by atoms with Crippen molar-refractivity contribution >= 4 is 17.5 Å². The molecule has 1 fully saturated rings. The number of ether oxygens (including phenoxy) is 3. The van der Waals surface area contributed by atoms with Crippen LogP contribution in [0.25, 0.3) is 0 Å². The van der Waals surface area contributed by atoms with Crippen LogP contribution in [0.2, 0.25) is 0 Å². The fourth-order valence-electron chi connectivity index (χ4n) is 5.07. The molecule has 36 heavy (non-hydrogen) atoms. The lowest BCUT2D eigenvalue weighted by molar-refractivity contribution is 0.0958. The predicted molar refractivity (Wildman–Crippen MR) is 144 cm³/mol. The van der Waals surface area contributed by atoms with Gasteiger partial charge in [0.1, 0.15) is 23.9 Å². The smallest absolute Gasteiger partial charge is 0.171 e. The number of methoxy groups -OCH3 is 2. The first-order chi connectivity index (χ1) is 17.7. The number of hydrogen-bond acceptors (Lipinski definition) is 6. The number of nitrogens with zero attached hydrogens (tertiary/aromatic N) is 1. The van der Waals surface area contributed by atoms with Crippen LogP contribution in [0.15, 0.2) is 71.6 Å². The maximum Gasteiger partial charge on any atom is 0.171 e. The number of rotatable bonds is 9. The number of Topliss-reactive ketones (excluding diaryl/α,β-unsaturated/α-hetero) is 1. The van der Waals surface area contributed by atoms with E-state index in [9.17, 15) is 4.79 Å². The molecule has 5 nitrogen and oxygen atoms in total. The van der Waals surface area contributed by atoms with E-state index in [1.807, 2.05) is 54.6 Å². The summed E-state index contributed by atoms with van der Waals surface area (Å²) in [7, 11) is 3.33. The average molecular weight is 504 g/mol. The van der Waals surface area contributed by atoms with Gasteiger partial charge in [0, 0.05) is 22.3 Å². The van der Waals surface area contributed by atoms with E-state index in [-0.39, 0.29) is 17.0 Å². The van der Waals surface area contributed by atoms with Gasteiger partial charge in [0.2, 0.25) is 0 Å². The molecule has 188 valence electrons. The number of fused-ring (bicyclic) bond motifs is 1. The van der Waals surface area contributed by atoms with Crippen molar-refractivity contribution in [2.45, 2.75) is 35.3 Å². The third-order valence-electron chi connectivity index (χ3n) is 7.10. The van der Waals surface area contributed by atoms with E-state index >= 15 is 0 Å². The third kappa shape index (κ3) is 5.40. The number of piperidine rings is 1. The molecule has 0 aromatic heterocycles. The molecule has 0 aliphatic carbocycles. The van der Waals surface area contributed by atoms with Gasteiger partial charge in [0.05, 0.1) is 20.1 Å². The topological polar surface area (TPSA) is 48.0 Å². The summed E-state index contributed by atoms with van der Waals surface area (Å²) in [6.07, 6.45) is 3.90. The molecule has 2 atom stereocenters. The number of carbonyl (C=O) groups is 1. The van der Waals surface area contributed by atoms with Gasteiger partial charge in [-0.2, -0.15) is 0 Å². The van der Waals surface area contributed by atoms with Gasteiger partial charge in [0.25, 0.3) is 0 Å². The highest BCUT2D eigenvalue weighted by atomic mass is 32.2. The minimum absolute atomic E-state index is 0.0222. The summed E-state index contributed by atoms with van der Waals surface area (Å²) >= 11 is 1.72. The molecular weight excluding hydrogens is 470 g/mol. The largest absolute Gasteiger partial charge is 0.497 e. The van der Waals surface area contributed by atoms with E-state index in [0.717, 1.165) is 39.8 Å². The van der Waals surface area contributed by atoms with E-state index in [0.29, 0.717) is 12.2 Å². The van der Waals surface area contributed by atoms with Crippen molar-refractivity contribution < 1.29 is 19.0 Å². The summed E-state index contributed by atoms with van der Waals surface area (Å²) in [6.45, 7) is 3.95. The van der Waals surface area contributed by atoms with Gasteiger partial charge in [-0.3, -0.25) is 9.69 Å². The second-order valence-corrected chi connectivity index (χ2v) is 10.5. The number of thioether (sulfide) groups is 1. The Balaban J connectivity index is 1.33. The highest BCUT2D eigenvalue weighted by Gasteiger charge is 2.39. The Kier molecular flexibility index (Phi) is 7.83. The number of likely N-dealkylation sites (tertiary alicyclic amines) is 1. The average Bonchev–Trinajstić information content (AvgIpc) is 3.32. The van der Waals surface area contributed by atoms with Crippen molar-refractivity contribution in [3.05, 3.63) is 83.4 Å². The van der Waals surface area contributed by atoms with Gasteiger partial charge in [-0.15, -0.1) is 11.8 Å². The second kappa shape index (κ2) is 11.4. The normalized spacial score (nSPS) is 19.5. The van der Waals surface area contributed by atoms with Gasteiger partial charge < -0.3 is 14.2 Å². The molecule has 0 unspecified atom stereocenters. The number of carbonyl (C=O) groups excluding carboxylic acids is 1. The number of ketones is 1. The molecule has 2 aliphatic heterocycles. The molecular formula is C30H33NO4S. The van der Waals surface area contributed by atoms with Crippen LogP contribution >= 0.6 is 11.8 Å². The molecule has 0 radical (unpaired) electrons. The lowest BCUT2D eigenvalue weighted by atomic mass is 9.85. The maximum atomic E-state index is 13.9. The van der Waals surface area contributed by atoms with Crippen LogP contribution in [0.5, 0.6) is 17.2 Å². The summed E-state index contributed by atoms with van der Waals surface area (Å²) in [5, 5.41) is -0.0222.